The Labute approximate surface area is 118 Å². The van der Waals surface area contributed by atoms with Gasteiger partial charge in [-0.2, -0.15) is 0 Å². The van der Waals surface area contributed by atoms with Gasteiger partial charge in [0.25, 0.3) is 0 Å². The minimum Gasteiger partial charge on any atom is -0.565 e. The van der Waals surface area contributed by atoms with Crippen LogP contribution in [0, 0.1) is 0 Å². The van der Waals surface area contributed by atoms with Gasteiger partial charge in [0, 0.05) is 0 Å². The van der Waals surface area contributed by atoms with Gasteiger partial charge in [-0.25, -0.2) is 19.4 Å². The first kappa shape index (κ1) is 19.1. The molecular formula is C3H3KO10. The fourth-order valence-electron chi connectivity index (χ4n) is 0.0752. The largest absolute Gasteiger partial charge is 1.00 e. The third-order valence-electron chi connectivity index (χ3n) is 0.211. The molecule has 0 rings (SSSR count). The van der Waals surface area contributed by atoms with Crippen LogP contribution in [0.4, 0.5) is 14.4 Å². The van der Waals surface area contributed by atoms with E-state index in [-0.39, 0.29) is 51.4 Å². The molecule has 0 bridgehead atoms. The Morgan fingerprint density at radius 2 is 1.14 bits per heavy atom. The van der Waals surface area contributed by atoms with Gasteiger partial charge >= 0.3 is 63.7 Å². The van der Waals surface area contributed by atoms with E-state index in [0.29, 0.717) is 0 Å². The molecule has 0 saturated heterocycles. The fraction of sp³-hybridized carbons (Fsp3) is 0. The van der Waals surface area contributed by atoms with Gasteiger partial charge in [-0.15, -0.1) is 0 Å². The first-order chi connectivity index (χ1) is 5.86. The van der Waals surface area contributed by atoms with Gasteiger partial charge in [0.1, 0.15) is 0 Å². The third-order valence-corrected chi connectivity index (χ3v) is 0.211. The van der Waals surface area contributed by atoms with Crippen LogP contribution < -0.4 is 56.5 Å². The Balaban J connectivity index is -0.000000209. The van der Waals surface area contributed by atoms with Crippen molar-refractivity contribution in [1.29, 1.82) is 0 Å². The van der Waals surface area contributed by atoms with E-state index in [1.54, 1.807) is 0 Å². The van der Waals surface area contributed by atoms with Crippen LogP contribution in [0.3, 0.4) is 0 Å². The number of carbonyl (C=O) groups is 3. The molecular weight excluding hydrogens is 235 g/mol. The summed E-state index contributed by atoms with van der Waals surface area (Å²) in [6.45, 7) is 0. The molecule has 3 N–H and O–H groups in total. The molecule has 0 aromatic heterocycles. The molecule has 0 heterocycles. The SMILES string of the molecule is O=C(O)OOOC(=O)O.O=C([O-])O.[K+]. The Morgan fingerprint density at radius 1 is 0.929 bits per heavy atom. The van der Waals surface area contributed by atoms with Crippen LogP contribution in [0.5, 0.6) is 0 Å². The van der Waals surface area contributed by atoms with Crippen molar-refractivity contribution in [3.8, 4) is 0 Å². The molecule has 0 saturated carbocycles. The number of hydrogen-bond donors (Lipinski definition) is 3. The predicted molar refractivity (Wildman–Crippen MR) is 27.3 cm³/mol. The maximum absolute atomic E-state index is 9.36. The molecule has 0 aromatic rings. The summed E-state index contributed by atoms with van der Waals surface area (Å²) in [5, 5.41) is 33.7. The zero-order valence-electron chi connectivity index (χ0n) is 6.70. The zero-order chi connectivity index (χ0) is 10.9. The van der Waals surface area contributed by atoms with E-state index in [1.807, 2.05) is 0 Å². The van der Waals surface area contributed by atoms with E-state index >= 15 is 0 Å². The second-order valence-electron chi connectivity index (χ2n) is 1.03. The molecule has 0 atom stereocenters. The Bertz CT molecular complexity index is 170. The number of carboxylic acid groups (broad SMARTS) is 4. The molecule has 14 heavy (non-hydrogen) atoms. The van der Waals surface area contributed by atoms with Crippen molar-refractivity contribution in [1.82, 2.24) is 0 Å². The van der Waals surface area contributed by atoms with Crippen molar-refractivity contribution in [3.63, 3.8) is 0 Å². The molecule has 10 nitrogen and oxygen atoms in total. The molecule has 0 aliphatic heterocycles. The second-order valence-corrected chi connectivity index (χ2v) is 1.03. The van der Waals surface area contributed by atoms with E-state index in [9.17, 15) is 9.59 Å². The Morgan fingerprint density at radius 3 is 1.29 bits per heavy atom. The smallest absolute Gasteiger partial charge is 0.565 e. The van der Waals surface area contributed by atoms with Crippen LogP contribution in [0.1, 0.15) is 0 Å². The summed E-state index contributed by atoms with van der Waals surface area (Å²) in [5.74, 6) is 0. The topological polar surface area (TPSA) is 163 Å². The van der Waals surface area contributed by atoms with E-state index in [2.05, 4.69) is 14.8 Å². The first-order valence-electron chi connectivity index (χ1n) is 2.23. The first-order valence-corrected chi connectivity index (χ1v) is 2.23. The van der Waals surface area contributed by atoms with Crippen molar-refractivity contribution < 1.29 is 101 Å². The molecule has 0 aliphatic rings. The molecule has 0 fully saturated rings. The fourth-order valence-corrected chi connectivity index (χ4v) is 0.0752. The molecule has 0 aliphatic carbocycles. The van der Waals surface area contributed by atoms with Crippen molar-refractivity contribution >= 4 is 18.5 Å². The van der Waals surface area contributed by atoms with E-state index < -0.39 is 18.5 Å². The number of hydrogen-bond acceptors (Lipinski definition) is 7. The van der Waals surface area contributed by atoms with Gasteiger partial charge in [-0.05, 0) is 0 Å². The maximum Gasteiger partial charge on any atom is 1.00 e. The average molecular weight is 238 g/mol. The van der Waals surface area contributed by atoms with Crippen LogP contribution in [-0.4, -0.2) is 33.8 Å². The van der Waals surface area contributed by atoms with Gasteiger partial charge in [0.15, 0.2) is 0 Å². The molecule has 0 aromatic carbocycles. The van der Waals surface area contributed by atoms with Gasteiger partial charge in [0.2, 0.25) is 6.16 Å². The van der Waals surface area contributed by atoms with E-state index in [1.165, 1.54) is 0 Å². The quantitative estimate of drug-likeness (QED) is 0.246. The summed E-state index contributed by atoms with van der Waals surface area (Å²) in [4.78, 5) is 33.5. The summed E-state index contributed by atoms with van der Waals surface area (Å²) < 4.78 is 0. The van der Waals surface area contributed by atoms with Crippen molar-refractivity contribution in [3.05, 3.63) is 0 Å². The Hall–Kier alpha value is -0.594. The minimum atomic E-state index is -2.08. The van der Waals surface area contributed by atoms with Crippen molar-refractivity contribution in [2.45, 2.75) is 0 Å². The Kier molecular flexibility index (Phi) is 16.9. The monoisotopic (exact) mass is 238 g/mol. The van der Waals surface area contributed by atoms with Crippen LogP contribution in [0.25, 0.3) is 0 Å². The maximum atomic E-state index is 9.36. The molecule has 0 unspecified atom stereocenters. The van der Waals surface area contributed by atoms with Gasteiger partial charge in [-0.3, -0.25) is 0 Å². The average Bonchev–Trinajstić information content (AvgIpc) is 1.83. The summed E-state index contributed by atoms with van der Waals surface area (Å²) in [6.07, 6.45) is -5.67. The molecule has 76 valence electrons. The van der Waals surface area contributed by atoms with Crippen LogP contribution >= 0.6 is 0 Å². The van der Waals surface area contributed by atoms with Crippen LogP contribution in [0.15, 0.2) is 0 Å². The standard InChI is InChI=1S/C2H2O7.CH2O3.K/c3-1(4)7-9-8-2(5)6;2-1(3)4;/h(H,3,4)(H,5,6);(H2,2,3,4);/q;;+1/p-1. The summed E-state index contributed by atoms with van der Waals surface area (Å²) >= 11 is 0. The molecule has 0 spiro atoms. The summed E-state index contributed by atoms with van der Waals surface area (Å²) in [6, 6.07) is 0. The van der Waals surface area contributed by atoms with Crippen molar-refractivity contribution in [2.24, 2.45) is 0 Å². The summed E-state index contributed by atoms with van der Waals surface area (Å²) in [5.41, 5.74) is 0. The molecule has 0 amide bonds. The molecule has 0 radical (unpaired) electrons. The van der Waals surface area contributed by atoms with Crippen LogP contribution in [0.2, 0.25) is 0 Å². The second kappa shape index (κ2) is 12.4. The van der Waals surface area contributed by atoms with E-state index in [4.69, 9.17) is 25.2 Å². The predicted octanol–water partition coefficient (Wildman–Crippen LogP) is -3.89. The van der Waals surface area contributed by atoms with Crippen molar-refractivity contribution in [2.75, 3.05) is 0 Å². The third kappa shape index (κ3) is 42.3. The molecule has 11 heteroatoms. The number of rotatable bonds is 2. The normalized spacial score (nSPS) is 6.86. The van der Waals surface area contributed by atoms with Gasteiger partial charge < -0.3 is 25.2 Å². The van der Waals surface area contributed by atoms with Gasteiger partial charge in [0.05, 0.1) is 5.04 Å². The summed E-state index contributed by atoms with van der Waals surface area (Å²) in [7, 11) is 0. The van der Waals surface area contributed by atoms with E-state index in [0.717, 1.165) is 0 Å². The zero-order valence-corrected chi connectivity index (χ0v) is 9.82. The minimum absolute atomic E-state index is 0. The van der Waals surface area contributed by atoms with Crippen LogP contribution in [-0.2, 0) is 14.8 Å². The van der Waals surface area contributed by atoms with Gasteiger partial charge in [-0.1, -0.05) is 0 Å².